The van der Waals surface area contributed by atoms with E-state index in [2.05, 4.69) is 17.3 Å². The summed E-state index contributed by atoms with van der Waals surface area (Å²) in [5.41, 5.74) is 3.13. The van der Waals surface area contributed by atoms with Gasteiger partial charge in [-0.3, -0.25) is 9.59 Å². The highest BCUT2D eigenvalue weighted by Crippen LogP contribution is 2.36. The molecule has 2 aromatic heterocycles. The summed E-state index contributed by atoms with van der Waals surface area (Å²) in [6.45, 7) is 9.08. The van der Waals surface area contributed by atoms with Gasteiger partial charge in [-0.25, -0.2) is 4.98 Å². The Kier molecular flexibility index (Phi) is 7.40. The van der Waals surface area contributed by atoms with Crippen LogP contribution in [0.1, 0.15) is 53.7 Å². The monoisotopic (exact) mass is 477 g/mol. The normalized spacial score (nSPS) is 14.9. The van der Waals surface area contributed by atoms with E-state index < -0.39 is 0 Å². The second kappa shape index (κ2) is 10.5. The molecule has 1 N–H and O–H groups in total. The van der Waals surface area contributed by atoms with E-state index in [1.807, 2.05) is 61.6 Å². The maximum absolute atomic E-state index is 13.8. The molecule has 186 valence electrons. The van der Waals surface area contributed by atoms with E-state index >= 15 is 0 Å². The maximum atomic E-state index is 13.8. The van der Waals surface area contributed by atoms with Crippen molar-refractivity contribution in [2.75, 3.05) is 38.5 Å². The van der Waals surface area contributed by atoms with E-state index in [4.69, 9.17) is 9.72 Å². The first-order chi connectivity index (χ1) is 16.8. The standard InChI is InChI=1S/C27H35N5O3/c1-6-21-22(29-26(33)19-11-8-7-9-12-19)17-20-24(35-18(2)3)23(31(5)25(20)28-21)27(34)32-14-10-13-30(4)15-16-32/h7-9,11-12,17-18H,6,10,13-16H2,1-5H3,(H,29,33). The summed E-state index contributed by atoms with van der Waals surface area (Å²) < 4.78 is 8.07. The third-order valence-electron chi connectivity index (χ3n) is 6.38. The van der Waals surface area contributed by atoms with Gasteiger partial charge < -0.3 is 24.4 Å². The van der Waals surface area contributed by atoms with Gasteiger partial charge in [-0.15, -0.1) is 0 Å². The molecule has 8 nitrogen and oxygen atoms in total. The van der Waals surface area contributed by atoms with Gasteiger partial charge in [0.15, 0.2) is 11.4 Å². The lowest BCUT2D eigenvalue weighted by Gasteiger charge is -2.22. The second-order valence-electron chi connectivity index (χ2n) is 9.38. The highest BCUT2D eigenvalue weighted by Gasteiger charge is 2.29. The third-order valence-corrected chi connectivity index (χ3v) is 6.38. The predicted octanol–water partition coefficient (Wildman–Crippen LogP) is 3.95. The van der Waals surface area contributed by atoms with E-state index in [0.29, 0.717) is 47.9 Å². The van der Waals surface area contributed by atoms with Crippen molar-refractivity contribution < 1.29 is 14.3 Å². The van der Waals surface area contributed by atoms with E-state index in [1.54, 1.807) is 12.1 Å². The van der Waals surface area contributed by atoms with Crippen LogP contribution < -0.4 is 10.1 Å². The summed E-state index contributed by atoms with van der Waals surface area (Å²) >= 11 is 0. The molecule has 4 rings (SSSR count). The average Bonchev–Trinajstić information content (AvgIpc) is 2.97. The molecule has 0 atom stereocenters. The van der Waals surface area contributed by atoms with E-state index in [0.717, 1.165) is 30.6 Å². The van der Waals surface area contributed by atoms with Gasteiger partial charge in [-0.1, -0.05) is 25.1 Å². The first-order valence-electron chi connectivity index (χ1n) is 12.3. The Labute approximate surface area is 206 Å². The van der Waals surface area contributed by atoms with E-state index in [1.165, 1.54) is 0 Å². The zero-order chi connectivity index (χ0) is 25.1. The van der Waals surface area contributed by atoms with Gasteiger partial charge in [0.2, 0.25) is 0 Å². The molecule has 0 radical (unpaired) electrons. The van der Waals surface area contributed by atoms with Crippen molar-refractivity contribution in [2.24, 2.45) is 7.05 Å². The predicted molar refractivity (Wildman–Crippen MR) is 138 cm³/mol. The number of aryl methyl sites for hydroxylation is 2. The van der Waals surface area contributed by atoms with Crippen LogP contribution in [0.25, 0.3) is 11.0 Å². The smallest absolute Gasteiger partial charge is 0.274 e. The molecule has 1 aromatic carbocycles. The number of carbonyl (C=O) groups excluding carboxylic acids is 2. The molecule has 1 aliphatic rings. The van der Waals surface area contributed by atoms with Crippen LogP contribution in [0.5, 0.6) is 5.75 Å². The van der Waals surface area contributed by atoms with Crippen molar-refractivity contribution in [3.63, 3.8) is 0 Å². The maximum Gasteiger partial charge on any atom is 0.274 e. The fourth-order valence-corrected chi connectivity index (χ4v) is 4.51. The quantitative estimate of drug-likeness (QED) is 0.582. The minimum atomic E-state index is -0.200. The first-order valence-corrected chi connectivity index (χ1v) is 12.3. The highest BCUT2D eigenvalue weighted by atomic mass is 16.5. The van der Waals surface area contributed by atoms with Crippen LogP contribution >= 0.6 is 0 Å². The molecule has 0 aliphatic carbocycles. The Morgan fingerprint density at radius 2 is 1.83 bits per heavy atom. The van der Waals surface area contributed by atoms with Gasteiger partial charge in [0.25, 0.3) is 11.8 Å². The van der Waals surface area contributed by atoms with Crippen molar-refractivity contribution in [1.29, 1.82) is 0 Å². The topological polar surface area (TPSA) is 79.7 Å². The minimum Gasteiger partial charge on any atom is -0.488 e. The molecule has 0 unspecified atom stereocenters. The SMILES string of the molecule is CCc1nc2c(cc1NC(=O)c1ccccc1)c(OC(C)C)c(C(=O)N1CCCN(C)CC1)n2C. The van der Waals surface area contributed by atoms with Crippen molar-refractivity contribution in [3.05, 3.63) is 53.3 Å². The first kappa shape index (κ1) is 24.7. The molecule has 8 heteroatoms. The fraction of sp³-hybridized carbons (Fsp3) is 0.444. The van der Waals surface area contributed by atoms with Gasteiger partial charge >= 0.3 is 0 Å². The molecule has 1 fully saturated rings. The number of likely N-dealkylation sites (N-methyl/N-ethyl adjacent to an activating group) is 1. The zero-order valence-corrected chi connectivity index (χ0v) is 21.3. The summed E-state index contributed by atoms with van der Waals surface area (Å²) in [4.78, 5) is 35.7. The third kappa shape index (κ3) is 5.17. The largest absolute Gasteiger partial charge is 0.488 e. The number of carbonyl (C=O) groups is 2. The molecule has 2 amide bonds. The molecule has 35 heavy (non-hydrogen) atoms. The number of aromatic nitrogens is 2. The summed E-state index contributed by atoms with van der Waals surface area (Å²) in [6, 6.07) is 11.0. The van der Waals surface area contributed by atoms with Crippen LogP contribution in [0.15, 0.2) is 36.4 Å². The summed E-state index contributed by atoms with van der Waals surface area (Å²) in [5.74, 6) is 0.267. The molecular weight excluding hydrogens is 442 g/mol. The van der Waals surface area contributed by atoms with Crippen LogP contribution in [-0.4, -0.2) is 70.5 Å². The van der Waals surface area contributed by atoms with Gasteiger partial charge in [-0.2, -0.15) is 0 Å². The lowest BCUT2D eigenvalue weighted by Crippen LogP contribution is -2.35. The molecule has 0 bridgehead atoms. The second-order valence-corrected chi connectivity index (χ2v) is 9.38. The van der Waals surface area contributed by atoms with E-state index in [9.17, 15) is 9.59 Å². The number of ether oxygens (including phenoxy) is 1. The molecule has 3 aromatic rings. The van der Waals surface area contributed by atoms with Gasteiger partial charge in [0.1, 0.15) is 5.65 Å². The van der Waals surface area contributed by atoms with Crippen molar-refractivity contribution >= 4 is 28.5 Å². The Morgan fingerprint density at radius 3 is 2.51 bits per heavy atom. The molecule has 0 saturated carbocycles. The number of amides is 2. The Morgan fingerprint density at radius 1 is 1.09 bits per heavy atom. The summed E-state index contributed by atoms with van der Waals surface area (Å²) in [5, 5.41) is 3.74. The molecule has 0 spiro atoms. The van der Waals surface area contributed by atoms with Gasteiger partial charge in [0, 0.05) is 32.2 Å². The molecule has 3 heterocycles. The number of hydrogen-bond donors (Lipinski definition) is 1. The molecule has 1 aliphatic heterocycles. The number of anilines is 1. The lowest BCUT2D eigenvalue weighted by molar-refractivity contribution is 0.0747. The van der Waals surface area contributed by atoms with E-state index in [-0.39, 0.29) is 17.9 Å². The van der Waals surface area contributed by atoms with Gasteiger partial charge in [-0.05, 0) is 58.5 Å². The Hall–Kier alpha value is -3.39. The number of rotatable bonds is 6. The van der Waals surface area contributed by atoms with Gasteiger partial charge in [0.05, 0.1) is 22.9 Å². The summed E-state index contributed by atoms with van der Waals surface area (Å²) in [6.07, 6.45) is 1.43. The van der Waals surface area contributed by atoms with Crippen LogP contribution in [0.4, 0.5) is 5.69 Å². The zero-order valence-electron chi connectivity index (χ0n) is 21.3. The number of nitrogens with zero attached hydrogens (tertiary/aromatic N) is 4. The number of hydrogen-bond acceptors (Lipinski definition) is 5. The van der Waals surface area contributed by atoms with Crippen LogP contribution in [0.2, 0.25) is 0 Å². The highest BCUT2D eigenvalue weighted by molar-refractivity contribution is 6.07. The minimum absolute atomic E-state index is 0.0515. The summed E-state index contributed by atoms with van der Waals surface area (Å²) in [7, 11) is 3.95. The molecule has 1 saturated heterocycles. The number of pyridine rings is 1. The van der Waals surface area contributed by atoms with Crippen LogP contribution in [0.3, 0.4) is 0 Å². The van der Waals surface area contributed by atoms with Crippen molar-refractivity contribution in [1.82, 2.24) is 19.4 Å². The molecular formula is C27H35N5O3. The lowest BCUT2D eigenvalue weighted by atomic mass is 10.1. The van der Waals surface area contributed by atoms with Crippen LogP contribution in [-0.2, 0) is 13.5 Å². The van der Waals surface area contributed by atoms with Crippen molar-refractivity contribution in [2.45, 2.75) is 39.7 Å². The number of nitrogens with one attached hydrogen (secondary N) is 1. The Balaban J connectivity index is 1.79. The van der Waals surface area contributed by atoms with Crippen LogP contribution in [0, 0.1) is 0 Å². The number of benzene rings is 1. The fourth-order valence-electron chi connectivity index (χ4n) is 4.51. The number of fused-ring (bicyclic) bond motifs is 1. The van der Waals surface area contributed by atoms with Crippen molar-refractivity contribution in [3.8, 4) is 5.75 Å². The average molecular weight is 478 g/mol. The Bertz CT molecular complexity index is 1220.